The van der Waals surface area contributed by atoms with Gasteiger partial charge in [0.1, 0.15) is 5.54 Å². The van der Waals surface area contributed by atoms with Gasteiger partial charge in [-0.05, 0) is 50.0 Å². The van der Waals surface area contributed by atoms with Crippen LogP contribution in [0.4, 0.5) is 0 Å². The number of nitrogens with one attached hydrogen (secondary N) is 1. The van der Waals surface area contributed by atoms with Gasteiger partial charge in [0.15, 0.2) is 0 Å². The third-order valence-corrected chi connectivity index (χ3v) is 4.34. The largest absolute Gasteiger partial charge is 0.480 e. The normalized spacial score (nSPS) is 33.9. The van der Waals surface area contributed by atoms with E-state index in [-0.39, 0.29) is 0 Å². The Kier molecular flexibility index (Phi) is 3.76. The van der Waals surface area contributed by atoms with Crippen molar-refractivity contribution in [3.05, 3.63) is 0 Å². The van der Waals surface area contributed by atoms with Crippen LogP contribution in [-0.4, -0.2) is 23.2 Å². The van der Waals surface area contributed by atoms with Crippen LogP contribution in [0.3, 0.4) is 0 Å². The minimum atomic E-state index is -0.636. The Hall–Kier alpha value is -0.570. The number of carboxylic acid groups (broad SMARTS) is 1. The van der Waals surface area contributed by atoms with Gasteiger partial charge in [-0.1, -0.05) is 26.7 Å². The first kappa shape index (κ1) is 12.9. The van der Waals surface area contributed by atoms with Crippen LogP contribution >= 0.6 is 0 Å². The molecule has 3 nitrogen and oxygen atoms in total. The summed E-state index contributed by atoms with van der Waals surface area (Å²) in [6.45, 7) is 5.07. The molecule has 2 atom stereocenters. The summed E-state index contributed by atoms with van der Waals surface area (Å²) in [6, 6.07) is 0. The molecule has 3 heteroatoms. The summed E-state index contributed by atoms with van der Waals surface area (Å²) in [6.07, 6.45) is 6.61. The molecule has 0 aliphatic heterocycles. The molecule has 0 aromatic heterocycles. The van der Waals surface area contributed by atoms with Crippen molar-refractivity contribution in [2.75, 3.05) is 6.54 Å². The van der Waals surface area contributed by atoms with Crippen molar-refractivity contribution < 1.29 is 9.90 Å². The van der Waals surface area contributed by atoms with Crippen molar-refractivity contribution in [2.24, 2.45) is 17.8 Å². The molecule has 2 aliphatic rings. The average Bonchev–Trinajstić information content (AvgIpc) is 3.10. The van der Waals surface area contributed by atoms with E-state index in [0.717, 1.165) is 31.7 Å². The molecular formula is C14H25NO2. The zero-order valence-electron chi connectivity index (χ0n) is 11.0. The van der Waals surface area contributed by atoms with E-state index in [1.807, 2.05) is 0 Å². The maximum absolute atomic E-state index is 11.6. The van der Waals surface area contributed by atoms with E-state index >= 15 is 0 Å². The fourth-order valence-corrected chi connectivity index (χ4v) is 3.12. The lowest BCUT2D eigenvalue weighted by atomic mass is 9.73. The van der Waals surface area contributed by atoms with Crippen molar-refractivity contribution in [1.82, 2.24) is 5.32 Å². The molecule has 2 rings (SSSR count). The van der Waals surface area contributed by atoms with Gasteiger partial charge in [0.05, 0.1) is 0 Å². The first-order chi connectivity index (χ1) is 8.03. The number of carbonyl (C=O) groups is 1. The lowest BCUT2D eigenvalue weighted by Gasteiger charge is -2.39. The van der Waals surface area contributed by atoms with Crippen LogP contribution in [0.1, 0.15) is 52.4 Å². The Morgan fingerprint density at radius 2 is 2.06 bits per heavy atom. The van der Waals surface area contributed by atoms with Crippen molar-refractivity contribution in [3.8, 4) is 0 Å². The Bertz CT molecular complexity index is 286. The molecule has 2 N–H and O–H groups in total. The minimum Gasteiger partial charge on any atom is -0.480 e. The molecule has 2 fully saturated rings. The fraction of sp³-hybridized carbons (Fsp3) is 0.929. The van der Waals surface area contributed by atoms with E-state index in [9.17, 15) is 9.90 Å². The molecule has 98 valence electrons. The predicted molar refractivity (Wildman–Crippen MR) is 67.9 cm³/mol. The first-order valence-corrected chi connectivity index (χ1v) is 7.02. The second-order valence-corrected chi connectivity index (χ2v) is 6.36. The molecule has 0 spiro atoms. The quantitative estimate of drug-likeness (QED) is 0.775. The van der Waals surface area contributed by atoms with Crippen LogP contribution < -0.4 is 5.32 Å². The van der Waals surface area contributed by atoms with E-state index in [2.05, 4.69) is 19.2 Å². The zero-order chi connectivity index (χ0) is 12.5. The number of aliphatic carboxylic acids is 1. The monoisotopic (exact) mass is 239 g/mol. The number of hydrogen-bond donors (Lipinski definition) is 2. The topological polar surface area (TPSA) is 49.3 Å². The van der Waals surface area contributed by atoms with Gasteiger partial charge in [-0.15, -0.1) is 0 Å². The third-order valence-electron chi connectivity index (χ3n) is 4.34. The summed E-state index contributed by atoms with van der Waals surface area (Å²) in [4.78, 5) is 11.6. The van der Waals surface area contributed by atoms with Gasteiger partial charge < -0.3 is 10.4 Å². The van der Waals surface area contributed by atoms with Gasteiger partial charge in [0.25, 0.3) is 0 Å². The summed E-state index contributed by atoms with van der Waals surface area (Å²) >= 11 is 0. The Morgan fingerprint density at radius 3 is 2.59 bits per heavy atom. The maximum Gasteiger partial charge on any atom is 0.323 e. The van der Waals surface area contributed by atoms with E-state index < -0.39 is 11.5 Å². The van der Waals surface area contributed by atoms with Gasteiger partial charge in [-0.3, -0.25) is 4.79 Å². The maximum atomic E-state index is 11.6. The highest BCUT2D eigenvalue weighted by atomic mass is 16.4. The average molecular weight is 239 g/mol. The van der Waals surface area contributed by atoms with Gasteiger partial charge in [-0.25, -0.2) is 0 Å². The van der Waals surface area contributed by atoms with E-state index in [1.165, 1.54) is 19.3 Å². The Morgan fingerprint density at radius 1 is 1.35 bits per heavy atom. The number of carboxylic acids is 1. The van der Waals surface area contributed by atoms with Crippen molar-refractivity contribution in [2.45, 2.75) is 57.9 Å². The minimum absolute atomic E-state index is 0.507. The SMILES string of the molecule is CC(C)CNC1(C(=O)O)CCCC(C2CC2)C1. The molecule has 0 heterocycles. The standard InChI is InChI=1S/C14H25NO2/c1-10(2)9-15-14(13(16)17)7-3-4-12(8-14)11-5-6-11/h10-12,15H,3-9H2,1-2H3,(H,16,17). The van der Waals surface area contributed by atoms with Crippen LogP contribution in [0, 0.1) is 17.8 Å². The van der Waals surface area contributed by atoms with E-state index in [4.69, 9.17) is 0 Å². The number of hydrogen-bond acceptors (Lipinski definition) is 2. The van der Waals surface area contributed by atoms with Gasteiger partial charge >= 0.3 is 5.97 Å². The van der Waals surface area contributed by atoms with Gasteiger partial charge in [0.2, 0.25) is 0 Å². The highest BCUT2D eigenvalue weighted by molar-refractivity contribution is 5.79. The highest BCUT2D eigenvalue weighted by Gasteiger charge is 2.46. The van der Waals surface area contributed by atoms with Crippen LogP contribution in [0.25, 0.3) is 0 Å². The summed E-state index contributed by atoms with van der Waals surface area (Å²) in [7, 11) is 0. The molecule has 0 radical (unpaired) electrons. The Labute approximate surface area is 104 Å². The second kappa shape index (κ2) is 4.97. The summed E-state index contributed by atoms with van der Waals surface area (Å²) in [5, 5.41) is 12.9. The molecule has 0 aromatic rings. The summed E-state index contributed by atoms with van der Waals surface area (Å²) < 4.78 is 0. The molecule has 0 bridgehead atoms. The zero-order valence-corrected chi connectivity index (χ0v) is 11.0. The van der Waals surface area contributed by atoms with E-state index in [0.29, 0.717) is 11.8 Å². The molecule has 17 heavy (non-hydrogen) atoms. The second-order valence-electron chi connectivity index (χ2n) is 6.36. The van der Waals surface area contributed by atoms with Crippen LogP contribution in [-0.2, 0) is 4.79 Å². The molecule has 2 unspecified atom stereocenters. The molecule has 0 amide bonds. The summed E-state index contributed by atoms with van der Waals surface area (Å²) in [5.74, 6) is 1.35. The predicted octanol–water partition coefficient (Wildman–Crippen LogP) is 2.66. The lowest BCUT2D eigenvalue weighted by molar-refractivity contribution is -0.147. The molecule has 2 saturated carbocycles. The smallest absolute Gasteiger partial charge is 0.323 e. The Balaban J connectivity index is 2.01. The van der Waals surface area contributed by atoms with Crippen LogP contribution in [0.15, 0.2) is 0 Å². The fourth-order valence-electron chi connectivity index (χ4n) is 3.12. The number of rotatable bonds is 5. The van der Waals surface area contributed by atoms with Crippen LogP contribution in [0.2, 0.25) is 0 Å². The van der Waals surface area contributed by atoms with Crippen molar-refractivity contribution in [3.63, 3.8) is 0 Å². The van der Waals surface area contributed by atoms with E-state index in [1.54, 1.807) is 0 Å². The molecule has 0 saturated heterocycles. The third kappa shape index (κ3) is 3.01. The van der Waals surface area contributed by atoms with Crippen LogP contribution in [0.5, 0.6) is 0 Å². The van der Waals surface area contributed by atoms with Gasteiger partial charge in [-0.2, -0.15) is 0 Å². The lowest BCUT2D eigenvalue weighted by Crippen LogP contribution is -2.56. The molecular weight excluding hydrogens is 214 g/mol. The highest BCUT2D eigenvalue weighted by Crippen LogP contribution is 2.46. The van der Waals surface area contributed by atoms with Crippen molar-refractivity contribution in [1.29, 1.82) is 0 Å². The van der Waals surface area contributed by atoms with Crippen molar-refractivity contribution >= 4 is 5.97 Å². The molecule has 0 aromatic carbocycles. The molecule has 2 aliphatic carbocycles. The van der Waals surface area contributed by atoms with Gasteiger partial charge in [0, 0.05) is 0 Å². The summed E-state index contributed by atoms with van der Waals surface area (Å²) in [5.41, 5.74) is -0.629. The first-order valence-electron chi connectivity index (χ1n) is 7.02.